The van der Waals surface area contributed by atoms with E-state index in [1.54, 1.807) is 6.07 Å². The summed E-state index contributed by atoms with van der Waals surface area (Å²) in [5, 5.41) is 10.3. The van der Waals surface area contributed by atoms with Crippen molar-refractivity contribution in [2.24, 2.45) is 0 Å². The fourth-order valence-corrected chi connectivity index (χ4v) is 3.62. The summed E-state index contributed by atoms with van der Waals surface area (Å²) in [6.45, 7) is 4.06. The molecule has 3 aromatic rings. The van der Waals surface area contributed by atoms with Crippen LogP contribution in [0.15, 0.2) is 60.7 Å². The minimum absolute atomic E-state index is 0.0889. The summed E-state index contributed by atoms with van der Waals surface area (Å²) in [5.41, 5.74) is 6.60. The number of ether oxygens (including phenoxy) is 1. The first-order valence-corrected chi connectivity index (χ1v) is 10.6. The Morgan fingerprint density at radius 1 is 0.821 bits per heavy atom. The van der Waals surface area contributed by atoms with Gasteiger partial charge in [-0.1, -0.05) is 42.5 Å². The lowest BCUT2D eigenvalue weighted by Gasteiger charge is -2.15. The Kier molecular flexibility index (Phi) is 6.69. The van der Waals surface area contributed by atoms with E-state index in [-0.39, 0.29) is 6.35 Å². The fraction of sp³-hybridized carbons (Fsp3) is 0.217. The highest BCUT2D eigenvalue weighted by molar-refractivity contribution is 7.44. The van der Waals surface area contributed by atoms with Gasteiger partial charge in [-0.25, -0.2) is 0 Å². The van der Waals surface area contributed by atoms with Gasteiger partial charge in [-0.15, -0.1) is 0 Å². The third-order valence-electron chi connectivity index (χ3n) is 4.78. The SMILES string of the molecule is Cc1cc(OCP(O)O)cc(C)c1Cc1ccc(O)c(Cc2ccccc2)c1. The minimum atomic E-state index is -2.06. The van der Waals surface area contributed by atoms with Crippen molar-refractivity contribution in [3.05, 3.63) is 94.0 Å². The maximum atomic E-state index is 10.3. The molecular formula is C23H25O4P. The average molecular weight is 396 g/mol. The van der Waals surface area contributed by atoms with Crippen molar-refractivity contribution in [3.8, 4) is 11.5 Å². The molecule has 0 saturated carbocycles. The Balaban J connectivity index is 1.81. The Bertz CT molecular complexity index is 916. The number of aromatic hydroxyl groups is 1. The third kappa shape index (κ3) is 5.32. The van der Waals surface area contributed by atoms with Crippen molar-refractivity contribution < 1.29 is 19.6 Å². The Morgan fingerprint density at radius 3 is 2.14 bits per heavy atom. The molecule has 0 aliphatic heterocycles. The number of phenols is 1. The van der Waals surface area contributed by atoms with Gasteiger partial charge in [0.15, 0.2) is 6.35 Å². The molecule has 0 unspecified atom stereocenters. The lowest BCUT2D eigenvalue weighted by Crippen LogP contribution is -2.01. The van der Waals surface area contributed by atoms with E-state index < -0.39 is 8.38 Å². The zero-order valence-corrected chi connectivity index (χ0v) is 17.0. The Labute approximate surface area is 167 Å². The lowest BCUT2D eigenvalue weighted by atomic mass is 9.93. The monoisotopic (exact) mass is 396 g/mol. The normalized spacial score (nSPS) is 11.0. The second kappa shape index (κ2) is 9.20. The third-order valence-corrected chi connectivity index (χ3v) is 5.14. The largest absolute Gasteiger partial charge is 0.508 e. The van der Waals surface area contributed by atoms with Crippen LogP contribution in [0.1, 0.15) is 33.4 Å². The number of benzene rings is 3. The van der Waals surface area contributed by atoms with Crippen LogP contribution in [-0.2, 0) is 12.8 Å². The van der Waals surface area contributed by atoms with Gasteiger partial charge < -0.3 is 19.6 Å². The topological polar surface area (TPSA) is 69.9 Å². The number of hydrogen-bond donors (Lipinski definition) is 3. The molecule has 28 heavy (non-hydrogen) atoms. The zero-order chi connectivity index (χ0) is 20.1. The van der Waals surface area contributed by atoms with Gasteiger partial charge in [-0.3, -0.25) is 0 Å². The second-order valence-electron chi connectivity index (χ2n) is 6.98. The van der Waals surface area contributed by atoms with E-state index in [2.05, 4.69) is 18.2 Å². The van der Waals surface area contributed by atoms with Gasteiger partial charge in [-0.2, -0.15) is 0 Å². The van der Waals surface area contributed by atoms with Gasteiger partial charge in [0, 0.05) is 6.42 Å². The van der Waals surface area contributed by atoms with E-state index in [4.69, 9.17) is 14.5 Å². The number of hydrogen-bond acceptors (Lipinski definition) is 4. The molecule has 0 amide bonds. The first-order valence-electron chi connectivity index (χ1n) is 9.15. The van der Waals surface area contributed by atoms with Crippen LogP contribution in [0.4, 0.5) is 0 Å². The molecule has 3 aromatic carbocycles. The Hall–Kier alpha value is -2.39. The smallest absolute Gasteiger partial charge is 0.205 e. The average Bonchev–Trinajstić information content (AvgIpc) is 2.66. The van der Waals surface area contributed by atoms with Crippen molar-refractivity contribution in [2.45, 2.75) is 26.7 Å². The molecular weight excluding hydrogens is 371 g/mol. The second-order valence-corrected chi connectivity index (χ2v) is 7.99. The number of rotatable bonds is 7. The minimum Gasteiger partial charge on any atom is -0.508 e. The van der Waals surface area contributed by atoms with Crippen LogP contribution in [0, 0.1) is 13.8 Å². The first-order chi connectivity index (χ1) is 13.4. The molecule has 0 aromatic heterocycles. The molecule has 146 valence electrons. The molecule has 4 nitrogen and oxygen atoms in total. The van der Waals surface area contributed by atoms with Gasteiger partial charge >= 0.3 is 0 Å². The molecule has 0 bridgehead atoms. The van der Waals surface area contributed by atoms with Gasteiger partial charge in [0.1, 0.15) is 11.5 Å². The van der Waals surface area contributed by atoms with Crippen LogP contribution in [0.25, 0.3) is 0 Å². The molecule has 0 saturated heterocycles. The van der Waals surface area contributed by atoms with Crippen LogP contribution in [0.2, 0.25) is 0 Å². The highest BCUT2D eigenvalue weighted by Gasteiger charge is 2.10. The summed E-state index contributed by atoms with van der Waals surface area (Å²) in [5.74, 6) is 0.958. The predicted molar refractivity (Wildman–Crippen MR) is 113 cm³/mol. The fourth-order valence-electron chi connectivity index (χ4n) is 3.36. The van der Waals surface area contributed by atoms with Crippen LogP contribution >= 0.6 is 8.38 Å². The molecule has 0 aliphatic carbocycles. The van der Waals surface area contributed by atoms with Crippen LogP contribution < -0.4 is 4.74 Å². The summed E-state index contributed by atoms with van der Waals surface area (Å²) < 4.78 is 5.43. The van der Waals surface area contributed by atoms with Gasteiger partial charge in [-0.05, 0) is 71.8 Å². The molecule has 0 aliphatic rings. The molecule has 5 heteroatoms. The molecule has 3 N–H and O–H groups in total. The first kappa shape index (κ1) is 20.3. The van der Waals surface area contributed by atoms with E-state index in [1.807, 2.05) is 50.2 Å². The van der Waals surface area contributed by atoms with E-state index >= 15 is 0 Å². The van der Waals surface area contributed by atoms with Crippen molar-refractivity contribution >= 4 is 8.38 Å². The summed E-state index contributed by atoms with van der Waals surface area (Å²) in [6, 6.07) is 19.7. The van der Waals surface area contributed by atoms with E-state index in [0.717, 1.165) is 34.2 Å². The predicted octanol–water partition coefficient (Wildman–Crippen LogP) is 4.82. The van der Waals surface area contributed by atoms with E-state index in [1.165, 1.54) is 5.56 Å². The van der Waals surface area contributed by atoms with Crippen molar-refractivity contribution in [1.29, 1.82) is 0 Å². The molecule has 0 heterocycles. The summed E-state index contributed by atoms with van der Waals surface area (Å²) >= 11 is 0. The summed E-state index contributed by atoms with van der Waals surface area (Å²) in [6.07, 6.45) is 1.36. The molecule has 0 spiro atoms. The van der Waals surface area contributed by atoms with Crippen molar-refractivity contribution in [2.75, 3.05) is 6.35 Å². The van der Waals surface area contributed by atoms with Crippen LogP contribution in [0.3, 0.4) is 0 Å². The summed E-state index contributed by atoms with van der Waals surface area (Å²) in [7, 11) is -2.06. The van der Waals surface area contributed by atoms with Gasteiger partial charge in [0.25, 0.3) is 0 Å². The van der Waals surface area contributed by atoms with Gasteiger partial charge in [0.05, 0.1) is 0 Å². The standard InChI is InChI=1S/C23H25O4P/c1-16-10-21(27-15-28(25)26)11-17(2)22(16)14-19-8-9-23(24)20(13-19)12-18-6-4-3-5-7-18/h3-11,13,24-26H,12,14-15H2,1-2H3. The Morgan fingerprint density at radius 2 is 1.50 bits per heavy atom. The molecule has 0 radical (unpaired) electrons. The molecule has 0 atom stereocenters. The highest BCUT2D eigenvalue weighted by atomic mass is 31.2. The molecule has 3 rings (SSSR count). The molecule has 0 fully saturated rings. The zero-order valence-electron chi connectivity index (χ0n) is 16.1. The van der Waals surface area contributed by atoms with Gasteiger partial charge in [0.2, 0.25) is 8.38 Å². The van der Waals surface area contributed by atoms with Crippen molar-refractivity contribution in [3.63, 3.8) is 0 Å². The lowest BCUT2D eigenvalue weighted by molar-refractivity contribution is 0.347. The maximum Gasteiger partial charge on any atom is 0.205 e. The summed E-state index contributed by atoms with van der Waals surface area (Å²) in [4.78, 5) is 18.1. The maximum absolute atomic E-state index is 10.3. The van der Waals surface area contributed by atoms with E-state index in [9.17, 15) is 5.11 Å². The van der Waals surface area contributed by atoms with Crippen LogP contribution in [-0.4, -0.2) is 21.2 Å². The number of aryl methyl sites for hydroxylation is 2. The quantitative estimate of drug-likeness (QED) is 0.501. The van der Waals surface area contributed by atoms with E-state index in [0.29, 0.717) is 17.9 Å². The van der Waals surface area contributed by atoms with Crippen molar-refractivity contribution in [1.82, 2.24) is 0 Å². The van der Waals surface area contributed by atoms with Crippen LogP contribution in [0.5, 0.6) is 11.5 Å². The number of phenolic OH excluding ortho intramolecular Hbond substituents is 1. The highest BCUT2D eigenvalue weighted by Crippen LogP contribution is 2.29.